The zero-order valence-corrected chi connectivity index (χ0v) is 13.9. The Bertz CT molecular complexity index is 1030. The molecule has 1 atom stereocenters. The molecule has 0 N–H and O–H groups in total. The number of benzene rings is 3. The van der Waals surface area contributed by atoms with Crippen molar-refractivity contribution in [3.05, 3.63) is 107 Å². The lowest BCUT2D eigenvalue weighted by atomic mass is 9.89. The normalized spacial score (nSPS) is 17.3. The Labute approximate surface area is 151 Å². The van der Waals surface area contributed by atoms with Gasteiger partial charge in [0.15, 0.2) is 11.9 Å². The van der Waals surface area contributed by atoms with Gasteiger partial charge in [-0.15, -0.1) is 0 Å². The predicted octanol–water partition coefficient (Wildman–Crippen LogP) is 4.96. The fourth-order valence-electron chi connectivity index (χ4n) is 3.07. The molecule has 3 aromatic rings. The van der Waals surface area contributed by atoms with Crippen molar-refractivity contribution in [2.45, 2.75) is 6.10 Å². The largest absolute Gasteiger partial charge is 0.480 e. The summed E-state index contributed by atoms with van der Waals surface area (Å²) in [7, 11) is 0. The Morgan fingerprint density at radius 3 is 2.31 bits per heavy atom. The molecule has 26 heavy (non-hydrogen) atoms. The quantitative estimate of drug-likeness (QED) is 0.621. The first kappa shape index (κ1) is 15.9. The fourth-order valence-corrected chi connectivity index (χ4v) is 3.07. The van der Waals surface area contributed by atoms with Crippen molar-refractivity contribution in [2.75, 3.05) is 0 Å². The standard InChI is InChI=1S/C23H15NO2/c24-15-17-12-10-16(11-13-17)14-20-22(25)19-8-4-5-9-21(19)26-23(20)18-6-2-1-3-7-18/h1-14,23H/b20-14-. The van der Waals surface area contributed by atoms with E-state index in [-0.39, 0.29) is 5.78 Å². The van der Waals surface area contributed by atoms with Crippen LogP contribution in [0.5, 0.6) is 5.75 Å². The SMILES string of the molecule is N#Cc1ccc(/C=C2/C(=O)c3ccccc3OC2c2ccccc2)cc1. The van der Waals surface area contributed by atoms with Gasteiger partial charge in [-0.3, -0.25) is 4.79 Å². The Morgan fingerprint density at radius 2 is 1.58 bits per heavy atom. The smallest absolute Gasteiger partial charge is 0.196 e. The molecular formula is C23H15NO2. The number of rotatable bonds is 2. The number of hydrogen-bond donors (Lipinski definition) is 0. The number of Topliss-reactive ketones (excluding diaryl/α,β-unsaturated/α-hetero) is 1. The van der Waals surface area contributed by atoms with Gasteiger partial charge in [0.1, 0.15) is 5.75 Å². The van der Waals surface area contributed by atoms with Gasteiger partial charge in [-0.1, -0.05) is 54.6 Å². The van der Waals surface area contributed by atoms with E-state index in [0.29, 0.717) is 22.4 Å². The molecule has 0 amide bonds. The highest BCUT2D eigenvalue weighted by atomic mass is 16.5. The van der Waals surface area contributed by atoms with Crippen LogP contribution in [0.3, 0.4) is 0 Å². The Kier molecular flexibility index (Phi) is 4.09. The number of fused-ring (bicyclic) bond motifs is 1. The van der Waals surface area contributed by atoms with E-state index in [4.69, 9.17) is 10.00 Å². The van der Waals surface area contributed by atoms with Gasteiger partial charge < -0.3 is 4.74 Å². The maximum atomic E-state index is 13.1. The van der Waals surface area contributed by atoms with Gasteiger partial charge >= 0.3 is 0 Å². The highest BCUT2D eigenvalue weighted by Crippen LogP contribution is 2.39. The van der Waals surface area contributed by atoms with Crippen molar-refractivity contribution in [1.29, 1.82) is 5.26 Å². The Hall–Kier alpha value is -3.64. The molecule has 0 fully saturated rings. The molecule has 0 spiro atoms. The number of nitrogens with zero attached hydrogens (tertiary/aromatic N) is 1. The van der Waals surface area contributed by atoms with E-state index in [2.05, 4.69) is 6.07 Å². The van der Waals surface area contributed by atoms with E-state index in [0.717, 1.165) is 11.1 Å². The average molecular weight is 337 g/mol. The third kappa shape index (κ3) is 2.89. The fraction of sp³-hybridized carbons (Fsp3) is 0.0435. The maximum absolute atomic E-state index is 13.1. The van der Waals surface area contributed by atoms with Crippen LogP contribution in [0.1, 0.15) is 33.2 Å². The summed E-state index contributed by atoms with van der Waals surface area (Å²) >= 11 is 0. The first-order valence-corrected chi connectivity index (χ1v) is 8.33. The topological polar surface area (TPSA) is 50.1 Å². The van der Waals surface area contributed by atoms with Crippen molar-refractivity contribution in [2.24, 2.45) is 0 Å². The number of para-hydroxylation sites is 1. The van der Waals surface area contributed by atoms with Crippen molar-refractivity contribution in [3.8, 4) is 11.8 Å². The number of nitriles is 1. The molecule has 124 valence electrons. The van der Waals surface area contributed by atoms with Gasteiger partial charge in [0.2, 0.25) is 0 Å². The molecule has 1 aliphatic rings. The molecule has 0 aliphatic carbocycles. The molecule has 1 aliphatic heterocycles. The predicted molar refractivity (Wildman–Crippen MR) is 99.7 cm³/mol. The summed E-state index contributed by atoms with van der Waals surface area (Å²) < 4.78 is 6.18. The molecule has 1 unspecified atom stereocenters. The molecule has 3 heteroatoms. The summed E-state index contributed by atoms with van der Waals surface area (Å²) in [6.07, 6.45) is 1.38. The van der Waals surface area contributed by atoms with Gasteiger partial charge in [0.25, 0.3) is 0 Å². The molecule has 3 aromatic carbocycles. The number of hydrogen-bond acceptors (Lipinski definition) is 3. The highest BCUT2D eigenvalue weighted by Gasteiger charge is 2.32. The second-order valence-electron chi connectivity index (χ2n) is 6.07. The second-order valence-corrected chi connectivity index (χ2v) is 6.07. The lowest BCUT2D eigenvalue weighted by Gasteiger charge is -2.28. The number of carbonyl (C=O) groups is 1. The van der Waals surface area contributed by atoms with Crippen LogP contribution in [0.4, 0.5) is 0 Å². The zero-order valence-electron chi connectivity index (χ0n) is 13.9. The summed E-state index contributed by atoms with van der Waals surface area (Å²) in [6, 6.07) is 26.3. The first-order chi connectivity index (χ1) is 12.8. The van der Waals surface area contributed by atoms with Crippen molar-refractivity contribution < 1.29 is 9.53 Å². The average Bonchev–Trinajstić information content (AvgIpc) is 2.71. The number of ketones is 1. The van der Waals surface area contributed by atoms with E-state index < -0.39 is 6.10 Å². The third-order valence-electron chi connectivity index (χ3n) is 4.39. The lowest BCUT2D eigenvalue weighted by Crippen LogP contribution is -2.23. The van der Waals surface area contributed by atoms with Crippen LogP contribution >= 0.6 is 0 Å². The van der Waals surface area contributed by atoms with Gasteiger partial charge in [0, 0.05) is 5.57 Å². The first-order valence-electron chi connectivity index (χ1n) is 8.33. The molecule has 0 bridgehead atoms. The van der Waals surface area contributed by atoms with E-state index in [1.165, 1.54) is 0 Å². The highest BCUT2D eigenvalue weighted by molar-refractivity contribution is 6.14. The Balaban J connectivity index is 1.83. The van der Waals surface area contributed by atoms with Gasteiger partial charge in [-0.05, 0) is 41.5 Å². The summed E-state index contributed by atoms with van der Waals surface area (Å²) in [5, 5.41) is 8.95. The van der Waals surface area contributed by atoms with Crippen LogP contribution in [0, 0.1) is 11.3 Å². The van der Waals surface area contributed by atoms with E-state index in [1.807, 2.05) is 66.7 Å². The van der Waals surface area contributed by atoms with Crippen LogP contribution < -0.4 is 4.74 Å². The molecule has 4 rings (SSSR count). The van der Waals surface area contributed by atoms with Crippen LogP contribution in [0.15, 0.2) is 84.4 Å². The van der Waals surface area contributed by atoms with E-state index >= 15 is 0 Å². The summed E-state index contributed by atoms with van der Waals surface area (Å²) in [5.41, 5.74) is 3.52. The second kappa shape index (κ2) is 6.70. The van der Waals surface area contributed by atoms with Crippen LogP contribution in [0.25, 0.3) is 6.08 Å². The molecule has 0 saturated carbocycles. The van der Waals surface area contributed by atoms with Crippen LogP contribution in [0.2, 0.25) is 0 Å². The minimum absolute atomic E-state index is 0.0370. The van der Waals surface area contributed by atoms with E-state index in [1.54, 1.807) is 18.2 Å². The monoisotopic (exact) mass is 337 g/mol. The van der Waals surface area contributed by atoms with Gasteiger partial charge in [-0.25, -0.2) is 0 Å². The molecule has 0 saturated heterocycles. The van der Waals surface area contributed by atoms with Crippen LogP contribution in [-0.4, -0.2) is 5.78 Å². The third-order valence-corrected chi connectivity index (χ3v) is 4.39. The lowest BCUT2D eigenvalue weighted by molar-refractivity contribution is 0.0963. The van der Waals surface area contributed by atoms with Crippen LogP contribution in [-0.2, 0) is 0 Å². The van der Waals surface area contributed by atoms with Crippen molar-refractivity contribution >= 4 is 11.9 Å². The van der Waals surface area contributed by atoms with Crippen molar-refractivity contribution in [1.82, 2.24) is 0 Å². The molecule has 0 radical (unpaired) electrons. The molecule has 0 aromatic heterocycles. The Morgan fingerprint density at radius 1 is 0.885 bits per heavy atom. The van der Waals surface area contributed by atoms with Gasteiger partial charge in [0.05, 0.1) is 17.2 Å². The summed E-state index contributed by atoms with van der Waals surface area (Å²) in [4.78, 5) is 13.1. The zero-order chi connectivity index (χ0) is 17.9. The summed E-state index contributed by atoms with van der Waals surface area (Å²) in [5.74, 6) is 0.563. The minimum Gasteiger partial charge on any atom is -0.480 e. The minimum atomic E-state index is -0.464. The van der Waals surface area contributed by atoms with E-state index in [9.17, 15) is 4.79 Å². The molecular weight excluding hydrogens is 322 g/mol. The number of ether oxygens (including phenoxy) is 1. The maximum Gasteiger partial charge on any atom is 0.196 e. The number of carbonyl (C=O) groups excluding carboxylic acids is 1. The summed E-state index contributed by atoms with van der Waals surface area (Å²) in [6.45, 7) is 0. The van der Waals surface area contributed by atoms with Crippen molar-refractivity contribution in [3.63, 3.8) is 0 Å². The van der Waals surface area contributed by atoms with Gasteiger partial charge in [-0.2, -0.15) is 5.26 Å². The molecule has 3 nitrogen and oxygen atoms in total. The molecule has 1 heterocycles.